The zero-order valence-corrected chi connectivity index (χ0v) is 17.3. The van der Waals surface area contributed by atoms with E-state index in [2.05, 4.69) is 19.9 Å². The Kier molecular flexibility index (Phi) is 5.18. The third-order valence-corrected chi connectivity index (χ3v) is 6.07. The van der Waals surface area contributed by atoms with Gasteiger partial charge >= 0.3 is 0 Å². The Morgan fingerprint density at radius 1 is 1.03 bits per heavy atom. The number of pyridine rings is 1. The molecule has 0 saturated carbocycles. The van der Waals surface area contributed by atoms with E-state index in [0.717, 1.165) is 16.8 Å². The molecule has 0 aliphatic heterocycles. The highest BCUT2D eigenvalue weighted by atomic mass is 32.2. The van der Waals surface area contributed by atoms with Crippen molar-refractivity contribution in [1.82, 2.24) is 29.3 Å². The molecule has 4 aromatic rings. The van der Waals surface area contributed by atoms with Crippen LogP contribution < -0.4 is 10.3 Å². The molecule has 0 aliphatic rings. The molecule has 10 heteroatoms. The molecule has 0 saturated heterocycles. The van der Waals surface area contributed by atoms with Gasteiger partial charge in [-0.05, 0) is 38.1 Å². The fraction of sp³-hybridized carbons (Fsp3) is 0.200. The van der Waals surface area contributed by atoms with Crippen LogP contribution in [0.2, 0.25) is 0 Å². The highest BCUT2D eigenvalue weighted by Crippen LogP contribution is 2.20. The van der Waals surface area contributed by atoms with Crippen molar-refractivity contribution in [3.05, 3.63) is 76.5 Å². The first kappa shape index (κ1) is 19.9. The van der Waals surface area contributed by atoms with Gasteiger partial charge in [0.1, 0.15) is 4.90 Å². The minimum absolute atomic E-state index is 0.000961. The van der Waals surface area contributed by atoms with Crippen LogP contribution in [-0.2, 0) is 16.6 Å². The van der Waals surface area contributed by atoms with Crippen LogP contribution in [0.3, 0.4) is 0 Å². The first-order valence-electron chi connectivity index (χ1n) is 9.30. The third kappa shape index (κ3) is 3.87. The number of aryl methyl sites for hydroxylation is 2. The van der Waals surface area contributed by atoms with Gasteiger partial charge in [-0.15, -0.1) is 5.10 Å². The molecule has 0 radical (unpaired) electrons. The average Bonchev–Trinajstić information content (AvgIpc) is 3.07. The normalized spacial score (nSPS) is 11.8. The molecule has 0 amide bonds. The van der Waals surface area contributed by atoms with Crippen LogP contribution in [-0.4, -0.2) is 39.5 Å². The lowest BCUT2D eigenvalue weighted by Crippen LogP contribution is -2.32. The van der Waals surface area contributed by atoms with Crippen LogP contribution in [0.4, 0.5) is 0 Å². The molecular formula is C20H20N6O3S. The maximum atomic E-state index is 12.8. The molecule has 1 aromatic carbocycles. The number of sulfonamides is 1. The quantitative estimate of drug-likeness (QED) is 0.503. The summed E-state index contributed by atoms with van der Waals surface area (Å²) in [5.74, 6) is 0.487. The van der Waals surface area contributed by atoms with E-state index in [0.29, 0.717) is 11.3 Å². The largest absolute Gasteiger partial charge is 0.268 e. The molecule has 0 fully saturated rings. The van der Waals surface area contributed by atoms with Gasteiger partial charge in [0.05, 0.1) is 17.8 Å². The number of aromatic nitrogens is 5. The first-order chi connectivity index (χ1) is 14.3. The molecule has 0 unspecified atom stereocenters. The molecule has 4 rings (SSSR count). The number of fused-ring (bicyclic) bond motifs is 1. The Labute approximate surface area is 173 Å². The van der Waals surface area contributed by atoms with Crippen LogP contribution in [0.5, 0.6) is 0 Å². The predicted molar refractivity (Wildman–Crippen MR) is 112 cm³/mol. The summed E-state index contributed by atoms with van der Waals surface area (Å²) in [7, 11) is -3.81. The monoisotopic (exact) mass is 424 g/mol. The lowest BCUT2D eigenvalue weighted by atomic mass is 10.2. The lowest BCUT2D eigenvalue weighted by molar-refractivity contribution is 0.541. The number of benzene rings is 1. The molecule has 0 atom stereocenters. The Morgan fingerprint density at radius 3 is 2.60 bits per heavy atom. The summed E-state index contributed by atoms with van der Waals surface area (Å²) in [5.41, 5.74) is 1.79. The van der Waals surface area contributed by atoms with E-state index in [1.54, 1.807) is 41.2 Å². The zero-order chi connectivity index (χ0) is 21.3. The first-order valence-corrected chi connectivity index (χ1v) is 10.8. The minimum atomic E-state index is -3.81. The Balaban J connectivity index is 1.55. The number of hydrogen-bond donors (Lipinski definition) is 1. The summed E-state index contributed by atoms with van der Waals surface area (Å²) in [6.07, 6.45) is 1.55. The molecule has 154 valence electrons. The minimum Gasteiger partial charge on any atom is -0.268 e. The van der Waals surface area contributed by atoms with Crippen LogP contribution in [0.25, 0.3) is 16.7 Å². The van der Waals surface area contributed by atoms with E-state index < -0.39 is 10.0 Å². The van der Waals surface area contributed by atoms with Crippen molar-refractivity contribution in [2.45, 2.75) is 25.3 Å². The molecule has 0 spiro atoms. The van der Waals surface area contributed by atoms with E-state index >= 15 is 0 Å². The number of nitrogens with zero attached hydrogens (tertiary/aromatic N) is 5. The summed E-state index contributed by atoms with van der Waals surface area (Å²) in [4.78, 5) is 16.5. The lowest BCUT2D eigenvalue weighted by Gasteiger charge is -2.11. The van der Waals surface area contributed by atoms with Gasteiger partial charge in [-0.3, -0.25) is 9.78 Å². The standard InChI is InChI=1S/C20H20N6O3S/c1-14-13-15(2)26(23-14)18-8-9-19(27)25(24-18)12-11-22-30(28,29)17-7-3-5-16-6-4-10-21-20(16)17/h3-10,13,22H,11-12H2,1-2H3. The van der Waals surface area contributed by atoms with E-state index in [1.165, 1.54) is 16.8 Å². The van der Waals surface area contributed by atoms with Crippen LogP contribution in [0.1, 0.15) is 11.4 Å². The fourth-order valence-corrected chi connectivity index (χ4v) is 4.43. The summed E-state index contributed by atoms with van der Waals surface area (Å²) < 4.78 is 31.0. The highest BCUT2D eigenvalue weighted by molar-refractivity contribution is 7.89. The van der Waals surface area contributed by atoms with E-state index in [-0.39, 0.29) is 23.5 Å². The second-order valence-corrected chi connectivity index (χ2v) is 8.56. The summed E-state index contributed by atoms with van der Waals surface area (Å²) >= 11 is 0. The smallest absolute Gasteiger partial charge is 0.266 e. The third-order valence-electron chi connectivity index (χ3n) is 4.58. The van der Waals surface area contributed by atoms with E-state index in [4.69, 9.17) is 0 Å². The SMILES string of the molecule is Cc1cc(C)n(-c2ccc(=O)n(CCNS(=O)(=O)c3cccc4cccnc34)n2)n1. The van der Waals surface area contributed by atoms with Gasteiger partial charge in [0.25, 0.3) is 5.56 Å². The van der Waals surface area contributed by atoms with Crippen molar-refractivity contribution in [1.29, 1.82) is 0 Å². The maximum absolute atomic E-state index is 12.8. The summed E-state index contributed by atoms with van der Waals surface area (Å²) in [6.45, 7) is 3.84. The van der Waals surface area contributed by atoms with Crippen molar-refractivity contribution in [2.75, 3.05) is 6.54 Å². The van der Waals surface area contributed by atoms with Gasteiger partial charge < -0.3 is 0 Å². The van der Waals surface area contributed by atoms with Gasteiger partial charge in [0.2, 0.25) is 10.0 Å². The van der Waals surface area contributed by atoms with Gasteiger partial charge in [-0.1, -0.05) is 18.2 Å². The molecule has 0 bridgehead atoms. The fourth-order valence-electron chi connectivity index (χ4n) is 3.23. The number of para-hydroxylation sites is 1. The van der Waals surface area contributed by atoms with Crippen molar-refractivity contribution >= 4 is 20.9 Å². The Morgan fingerprint density at radius 2 is 1.83 bits per heavy atom. The van der Waals surface area contributed by atoms with Crippen molar-refractivity contribution in [3.63, 3.8) is 0 Å². The molecule has 3 aromatic heterocycles. The van der Waals surface area contributed by atoms with Crippen LogP contribution in [0, 0.1) is 13.8 Å². The maximum Gasteiger partial charge on any atom is 0.266 e. The Bertz CT molecular complexity index is 1390. The number of nitrogens with one attached hydrogen (secondary N) is 1. The molecule has 9 nitrogen and oxygen atoms in total. The molecule has 3 heterocycles. The predicted octanol–water partition coefficient (Wildman–Crippen LogP) is 1.57. The van der Waals surface area contributed by atoms with Gasteiger partial charge in [-0.2, -0.15) is 5.10 Å². The molecule has 1 N–H and O–H groups in total. The average molecular weight is 424 g/mol. The molecule has 0 aliphatic carbocycles. The second kappa shape index (κ2) is 7.81. The van der Waals surface area contributed by atoms with Crippen LogP contribution >= 0.6 is 0 Å². The topological polar surface area (TPSA) is 112 Å². The number of rotatable bonds is 6. The molecule has 30 heavy (non-hydrogen) atoms. The van der Waals surface area contributed by atoms with Crippen LogP contribution in [0.15, 0.2) is 64.4 Å². The number of hydrogen-bond acceptors (Lipinski definition) is 6. The zero-order valence-electron chi connectivity index (χ0n) is 16.5. The molecular weight excluding hydrogens is 404 g/mol. The van der Waals surface area contributed by atoms with Gasteiger partial charge in [-0.25, -0.2) is 22.5 Å². The Hall–Kier alpha value is -3.37. The highest BCUT2D eigenvalue weighted by Gasteiger charge is 2.18. The van der Waals surface area contributed by atoms with Gasteiger partial charge in [0, 0.05) is 29.9 Å². The van der Waals surface area contributed by atoms with Crippen molar-refractivity contribution in [2.24, 2.45) is 0 Å². The van der Waals surface area contributed by atoms with Crippen molar-refractivity contribution < 1.29 is 8.42 Å². The summed E-state index contributed by atoms with van der Waals surface area (Å²) in [6, 6.07) is 13.4. The van der Waals surface area contributed by atoms with Gasteiger partial charge in [0.15, 0.2) is 5.82 Å². The summed E-state index contributed by atoms with van der Waals surface area (Å²) in [5, 5.41) is 9.41. The van der Waals surface area contributed by atoms with Crippen molar-refractivity contribution in [3.8, 4) is 5.82 Å². The van der Waals surface area contributed by atoms with E-state index in [9.17, 15) is 13.2 Å². The second-order valence-electron chi connectivity index (χ2n) is 6.82. The van der Waals surface area contributed by atoms with E-state index in [1.807, 2.05) is 19.9 Å².